The molecule has 3 aromatic rings. The number of nitrogens with one attached hydrogen (secondary N) is 1. The van der Waals surface area contributed by atoms with Crippen LogP contribution in [0.4, 0.5) is 0 Å². The molecule has 128 valence electrons. The standard InChI is InChI=1S/C19H19N3O3/c1-14(15-5-3-2-4-6-15)11-20-18(23)12-24-17-9-7-16(8-10-17)19-22-21-13-25-19/h2-10,13-14H,11-12H2,1H3,(H,20,23). The van der Waals surface area contributed by atoms with E-state index in [0.717, 1.165) is 5.56 Å². The van der Waals surface area contributed by atoms with Crippen LogP contribution < -0.4 is 10.1 Å². The number of carbonyl (C=O) groups excluding carboxylic acids is 1. The van der Waals surface area contributed by atoms with Crippen LogP contribution in [0.2, 0.25) is 0 Å². The van der Waals surface area contributed by atoms with E-state index < -0.39 is 0 Å². The van der Waals surface area contributed by atoms with E-state index in [1.165, 1.54) is 12.0 Å². The number of aromatic nitrogens is 2. The van der Waals surface area contributed by atoms with Gasteiger partial charge in [0.1, 0.15) is 5.75 Å². The summed E-state index contributed by atoms with van der Waals surface area (Å²) in [6.07, 6.45) is 1.28. The molecule has 0 aliphatic heterocycles. The van der Waals surface area contributed by atoms with Crippen LogP contribution in [0.25, 0.3) is 11.5 Å². The first-order valence-corrected chi connectivity index (χ1v) is 8.03. The van der Waals surface area contributed by atoms with Gasteiger partial charge in [0.05, 0.1) is 0 Å². The summed E-state index contributed by atoms with van der Waals surface area (Å²) < 4.78 is 10.6. The van der Waals surface area contributed by atoms with E-state index in [2.05, 4.69) is 34.6 Å². The Morgan fingerprint density at radius 1 is 1.16 bits per heavy atom. The second-order valence-corrected chi connectivity index (χ2v) is 5.67. The van der Waals surface area contributed by atoms with Crippen molar-refractivity contribution in [3.05, 3.63) is 66.6 Å². The normalized spacial score (nSPS) is 11.7. The third kappa shape index (κ3) is 4.67. The van der Waals surface area contributed by atoms with Gasteiger partial charge in [0, 0.05) is 12.1 Å². The van der Waals surface area contributed by atoms with E-state index in [4.69, 9.17) is 9.15 Å². The predicted octanol–water partition coefficient (Wildman–Crippen LogP) is 3.04. The van der Waals surface area contributed by atoms with Crippen molar-refractivity contribution in [3.8, 4) is 17.2 Å². The first-order chi connectivity index (χ1) is 12.2. The Kier molecular flexibility index (Phi) is 5.41. The van der Waals surface area contributed by atoms with Gasteiger partial charge in [-0.05, 0) is 35.7 Å². The van der Waals surface area contributed by atoms with Crippen molar-refractivity contribution in [2.24, 2.45) is 0 Å². The lowest BCUT2D eigenvalue weighted by Gasteiger charge is -2.13. The van der Waals surface area contributed by atoms with Crippen LogP contribution in [-0.4, -0.2) is 29.3 Å². The van der Waals surface area contributed by atoms with Crippen molar-refractivity contribution in [2.75, 3.05) is 13.2 Å². The van der Waals surface area contributed by atoms with Gasteiger partial charge in [-0.2, -0.15) is 0 Å². The summed E-state index contributed by atoms with van der Waals surface area (Å²) in [5.41, 5.74) is 1.99. The Labute approximate surface area is 145 Å². The maximum atomic E-state index is 11.9. The molecule has 1 aromatic heterocycles. The molecule has 0 aliphatic carbocycles. The lowest BCUT2D eigenvalue weighted by Crippen LogP contribution is -2.31. The molecule has 0 bridgehead atoms. The molecule has 2 aromatic carbocycles. The fraction of sp³-hybridized carbons (Fsp3) is 0.211. The fourth-order valence-corrected chi connectivity index (χ4v) is 2.36. The average Bonchev–Trinajstić information content (AvgIpc) is 3.20. The zero-order valence-electron chi connectivity index (χ0n) is 13.9. The predicted molar refractivity (Wildman–Crippen MR) is 93.1 cm³/mol. The van der Waals surface area contributed by atoms with Crippen molar-refractivity contribution in [2.45, 2.75) is 12.8 Å². The molecule has 0 fully saturated rings. The van der Waals surface area contributed by atoms with Gasteiger partial charge in [-0.1, -0.05) is 37.3 Å². The average molecular weight is 337 g/mol. The molecule has 0 radical (unpaired) electrons. The molecule has 0 saturated carbocycles. The topological polar surface area (TPSA) is 77.2 Å². The molecule has 0 saturated heterocycles. The van der Waals surface area contributed by atoms with Crippen LogP contribution in [0.5, 0.6) is 5.75 Å². The number of amides is 1. The summed E-state index contributed by atoms with van der Waals surface area (Å²) in [6, 6.07) is 17.2. The summed E-state index contributed by atoms with van der Waals surface area (Å²) >= 11 is 0. The highest BCUT2D eigenvalue weighted by Gasteiger charge is 2.09. The maximum absolute atomic E-state index is 11.9. The minimum atomic E-state index is -0.149. The van der Waals surface area contributed by atoms with Gasteiger partial charge in [0.2, 0.25) is 12.3 Å². The van der Waals surface area contributed by atoms with Crippen LogP contribution in [0, 0.1) is 0 Å². The Morgan fingerprint density at radius 2 is 1.92 bits per heavy atom. The van der Waals surface area contributed by atoms with Crippen molar-refractivity contribution in [3.63, 3.8) is 0 Å². The van der Waals surface area contributed by atoms with Gasteiger partial charge < -0.3 is 14.5 Å². The van der Waals surface area contributed by atoms with Crippen molar-refractivity contribution in [1.82, 2.24) is 15.5 Å². The van der Waals surface area contributed by atoms with E-state index in [1.807, 2.05) is 18.2 Å². The number of carbonyl (C=O) groups is 1. The lowest BCUT2D eigenvalue weighted by molar-refractivity contribution is -0.123. The number of ether oxygens (including phenoxy) is 1. The summed E-state index contributed by atoms with van der Waals surface area (Å²) in [7, 11) is 0. The Balaban J connectivity index is 1.44. The summed E-state index contributed by atoms with van der Waals surface area (Å²) in [5.74, 6) is 1.15. The minimum Gasteiger partial charge on any atom is -0.484 e. The van der Waals surface area contributed by atoms with Gasteiger partial charge in [0.15, 0.2) is 6.61 Å². The van der Waals surface area contributed by atoms with Gasteiger partial charge in [0.25, 0.3) is 5.91 Å². The van der Waals surface area contributed by atoms with Crippen LogP contribution >= 0.6 is 0 Å². The first-order valence-electron chi connectivity index (χ1n) is 8.03. The van der Waals surface area contributed by atoms with Crippen molar-refractivity contribution < 1.29 is 13.9 Å². The largest absolute Gasteiger partial charge is 0.484 e. The van der Waals surface area contributed by atoms with E-state index in [-0.39, 0.29) is 18.4 Å². The molecule has 6 nitrogen and oxygen atoms in total. The number of rotatable bonds is 7. The molecule has 25 heavy (non-hydrogen) atoms. The van der Waals surface area contributed by atoms with Crippen LogP contribution in [0.1, 0.15) is 18.4 Å². The summed E-state index contributed by atoms with van der Waals surface area (Å²) in [6.45, 7) is 2.62. The lowest BCUT2D eigenvalue weighted by atomic mass is 10.0. The molecule has 1 N–H and O–H groups in total. The van der Waals surface area contributed by atoms with Gasteiger partial charge in [-0.15, -0.1) is 10.2 Å². The van der Waals surface area contributed by atoms with E-state index in [0.29, 0.717) is 18.2 Å². The van der Waals surface area contributed by atoms with Crippen LogP contribution in [-0.2, 0) is 4.79 Å². The first kappa shape index (κ1) is 16.7. The summed E-state index contributed by atoms with van der Waals surface area (Å²) in [5, 5.41) is 10.4. The molecular formula is C19H19N3O3. The Morgan fingerprint density at radius 3 is 2.60 bits per heavy atom. The van der Waals surface area contributed by atoms with Crippen LogP contribution in [0.3, 0.4) is 0 Å². The monoisotopic (exact) mass is 337 g/mol. The number of hydrogen-bond acceptors (Lipinski definition) is 5. The Bertz CT molecular complexity index is 787. The second-order valence-electron chi connectivity index (χ2n) is 5.67. The van der Waals surface area contributed by atoms with Crippen molar-refractivity contribution in [1.29, 1.82) is 0 Å². The highest BCUT2D eigenvalue weighted by Crippen LogP contribution is 2.20. The van der Waals surface area contributed by atoms with E-state index in [9.17, 15) is 4.79 Å². The zero-order chi connectivity index (χ0) is 17.5. The molecular weight excluding hydrogens is 318 g/mol. The van der Waals surface area contributed by atoms with Crippen molar-refractivity contribution >= 4 is 5.91 Å². The van der Waals surface area contributed by atoms with E-state index in [1.54, 1.807) is 24.3 Å². The Hall–Kier alpha value is -3.15. The fourth-order valence-electron chi connectivity index (χ4n) is 2.36. The van der Waals surface area contributed by atoms with Crippen LogP contribution in [0.15, 0.2) is 65.4 Å². The highest BCUT2D eigenvalue weighted by molar-refractivity contribution is 5.77. The number of benzene rings is 2. The SMILES string of the molecule is CC(CNC(=O)COc1ccc(-c2nnco2)cc1)c1ccccc1. The quantitative estimate of drug-likeness (QED) is 0.717. The minimum absolute atomic E-state index is 0.0264. The smallest absolute Gasteiger partial charge is 0.257 e. The molecule has 0 aliphatic rings. The van der Waals surface area contributed by atoms with Gasteiger partial charge in [-0.25, -0.2) is 0 Å². The molecule has 6 heteroatoms. The highest BCUT2D eigenvalue weighted by atomic mass is 16.5. The molecule has 1 heterocycles. The van der Waals surface area contributed by atoms with Gasteiger partial charge >= 0.3 is 0 Å². The van der Waals surface area contributed by atoms with E-state index >= 15 is 0 Å². The molecule has 1 atom stereocenters. The molecule has 1 unspecified atom stereocenters. The maximum Gasteiger partial charge on any atom is 0.257 e. The third-order valence-corrected chi connectivity index (χ3v) is 3.81. The molecule has 1 amide bonds. The second kappa shape index (κ2) is 8.10. The molecule has 0 spiro atoms. The summed E-state index contributed by atoms with van der Waals surface area (Å²) in [4.78, 5) is 11.9. The zero-order valence-corrected chi connectivity index (χ0v) is 13.9. The molecule has 3 rings (SSSR count). The van der Waals surface area contributed by atoms with Gasteiger partial charge in [-0.3, -0.25) is 4.79 Å². The number of hydrogen-bond donors (Lipinski definition) is 1. The third-order valence-electron chi connectivity index (χ3n) is 3.81. The number of nitrogens with zero attached hydrogens (tertiary/aromatic N) is 2.